The predicted molar refractivity (Wildman–Crippen MR) is 98.0 cm³/mol. The SMILES string of the molecule is CCCCOc1cccc(-c2nnc(NC(=O)c3cccs3)s2)c1. The summed E-state index contributed by atoms with van der Waals surface area (Å²) in [7, 11) is 0. The van der Waals surface area contributed by atoms with E-state index >= 15 is 0 Å². The summed E-state index contributed by atoms with van der Waals surface area (Å²) in [5, 5.41) is 14.1. The molecule has 0 aliphatic rings. The van der Waals surface area contributed by atoms with Gasteiger partial charge in [-0.3, -0.25) is 10.1 Å². The summed E-state index contributed by atoms with van der Waals surface area (Å²) < 4.78 is 5.72. The highest BCUT2D eigenvalue weighted by atomic mass is 32.1. The molecule has 0 unspecified atom stereocenters. The van der Waals surface area contributed by atoms with Crippen molar-refractivity contribution in [3.05, 3.63) is 46.7 Å². The van der Waals surface area contributed by atoms with E-state index in [4.69, 9.17) is 4.74 Å². The van der Waals surface area contributed by atoms with Gasteiger partial charge in [-0.15, -0.1) is 21.5 Å². The summed E-state index contributed by atoms with van der Waals surface area (Å²) in [4.78, 5) is 12.7. The van der Waals surface area contributed by atoms with E-state index in [-0.39, 0.29) is 5.91 Å². The Hall–Kier alpha value is -2.25. The van der Waals surface area contributed by atoms with Gasteiger partial charge in [-0.25, -0.2) is 0 Å². The minimum Gasteiger partial charge on any atom is -0.494 e. The second kappa shape index (κ2) is 8.03. The molecule has 124 valence electrons. The highest BCUT2D eigenvalue weighted by Gasteiger charge is 2.12. The Morgan fingerprint density at radius 3 is 2.96 bits per heavy atom. The zero-order valence-corrected chi connectivity index (χ0v) is 14.8. The first-order valence-electron chi connectivity index (χ1n) is 7.68. The molecular formula is C17H17N3O2S2. The van der Waals surface area contributed by atoms with E-state index in [0.29, 0.717) is 16.6 Å². The van der Waals surface area contributed by atoms with Gasteiger partial charge in [-0.2, -0.15) is 0 Å². The number of ether oxygens (including phenoxy) is 1. The molecule has 1 aromatic carbocycles. The van der Waals surface area contributed by atoms with Gasteiger partial charge in [0.1, 0.15) is 10.8 Å². The molecule has 0 spiro atoms. The number of nitrogens with one attached hydrogen (secondary N) is 1. The first kappa shape index (κ1) is 16.6. The summed E-state index contributed by atoms with van der Waals surface area (Å²) >= 11 is 2.74. The van der Waals surface area contributed by atoms with Crippen molar-refractivity contribution < 1.29 is 9.53 Å². The van der Waals surface area contributed by atoms with Crippen molar-refractivity contribution in [3.63, 3.8) is 0 Å². The first-order valence-corrected chi connectivity index (χ1v) is 9.37. The van der Waals surface area contributed by atoms with Crippen LogP contribution in [-0.2, 0) is 0 Å². The van der Waals surface area contributed by atoms with Gasteiger partial charge >= 0.3 is 0 Å². The predicted octanol–water partition coefficient (Wildman–Crippen LogP) is 4.70. The molecule has 7 heteroatoms. The maximum Gasteiger partial charge on any atom is 0.267 e. The lowest BCUT2D eigenvalue weighted by Gasteiger charge is -2.05. The van der Waals surface area contributed by atoms with Crippen molar-refractivity contribution in [1.82, 2.24) is 10.2 Å². The van der Waals surface area contributed by atoms with E-state index in [1.807, 2.05) is 35.7 Å². The van der Waals surface area contributed by atoms with Crippen LogP contribution >= 0.6 is 22.7 Å². The third-order valence-electron chi connectivity index (χ3n) is 3.24. The molecule has 3 aromatic rings. The van der Waals surface area contributed by atoms with E-state index in [1.54, 1.807) is 6.07 Å². The summed E-state index contributed by atoms with van der Waals surface area (Å²) in [6.07, 6.45) is 2.13. The molecule has 5 nitrogen and oxygen atoms in total. The summed E-state index contributed by atoms with van der Waals surface area (Å²) in [6, 6.07) is 11.4. The Balaban J connectivity index is 1.69. The number of thiophene rings is 1. The van der Waals surface area contributed by atoms with Crippen LogP contribution in [0.2, 0.25) is 0 Å². The monoisotopic (exact) mass is 359 g/mol. The van der Waals surface area contributed by atoms with Gasteiger partial charge < -0.3 is 4.74 Å². The van der Waals surface area contributed by atoms with Crippen molar-refractivity contribution in [2.45, 2.75) is 19.8 Å². The zero-order chi connectivity index (χ0) is 16.8. The quantitative estimate of drug-likeness (QED) is 0.621. The van der Waals surface area contributed by atoms with Crippen LogP contribution in [0.25, 0.3) is 10.6 Å². The third-order valence-corrected chi connectivity index (χ3v) is 4.99. The molecule has 1 amide bonds. The van der Waals surface area contributed by atoms with Gasteiger partial charge in [0.2, 0.25) is 5.13 Å². The number of carbonyl (C=O) groups is 1. The lowest BCUT2D eigenvalue weighted by molar-refractivity contribution is 0.103. The second-order valence-electron chi connectivity index (χ2n) is 5.07. The average Bonchev–Trinajstić information content (AvgIpc) is 3.27. The second-order valence-corrected chi connectivity index (χ2v) is 7.00. The summed E-state index contributed by atoms with van der Waals surface area (Å²) in [5.74, 6) is 0.657. The Kier molecular flexibility index (Phi) is 5.55. The lowest BCUT2D eigenvalue weighted by atomic mass is 10.2. The minimum absolute atomic E-state index is 0.163. The molecule has 1 N–H and O–H groups in total. The third kappa shape index (κ3) is 4.18. The van der Waals surface area contributed by atoms with E-state index < -0.39 is 0 Å². The number of aromatic nitrogens is 2. The molecule has 0 saturated carbocycles. The highest BCUT2D eigenvalue weighted by molar-refractivity contribution is 7.18. The van der Waals surface area contributed by atoms with Crippen LogP contribution in [0.5, 0.6) is 5.75 Å². The number of carbonyl (C=O) groups excluding carboxylic acids is 1. The van der Waals surface area contributed by atoms with E-state index in [9.17, 15) is 4.79 Å². The van der Waals surface area contributed by atoms with Crippen molar-refractivity contribution in [1.29, 1.82) is 0 Å². The van der Waals surface area contributed by atoms with Crippen molar-refractivity contribution in [2.24, 2.45) is 0 Å². The fourth-order valence-corrected chi connectivity index (χ4v) is 3.36. The normalized spacial score (nSPS) is 10.5. The van der Waals surface area contributed by atoms with E-state index in [2.05, 4.69) is 22.4 Å². The standard InChI is InChI=1S/C17H17N3O2S2/c1-2-3-9-22-13-7-4-6-12(11-13)16-19-20-17(24-16)18-15(21)14-8-5-10-23-14/h4-8,10-11H,2-3,9H2,1H3,(H,18,20,21). The highest BCUT2D eigenvalue weighted by Crippen LogP contribution is 2.29. The van der Waals surface area contributed by atoms with Crippen LogP contribution in [-0.4, -0.2) is 22.7 Å². The summed E-state index contributed by atoms with van der Waals surface area (Å²) in [5.41, 5.74) is 0.929. The van der Waals surface area contributed by atoms with Gasteiger partial charge in [0.25, 0.3) is 5.91 Å². The van der Waals surface area contributed by atoms with Gasteiger partial charge in [-0.05, 0) is 30.0 Å². The number of benzene rings is 1. The van der Waals surface area contributed by atoms with Gasteiger partial charge in [0, 0.05) is 5.56 Å². The topological polar surface area (TPSA) is 64.1 Å². The van der Waals surface area contributed by atoms with Gasteiger partial charge in [0.15, 0.2) is 0 Å². The fraction of sp³-hybridized carbons (Fsp3) is 0.235. The smallest absolute Gasteiger partial charge is 0.267 e. The molecule has 0 bridgehead atoms. The fourth-order valence-electron chi connectivity index (χ4n) is 2.01. The average molecular weight is 359 g/mol. The molecular weight excluding hydrogens is 342 g/mol. The minimum atomic E-state index is -0.163. The molecule has 2 aromatic heterocycles. The lowest BCUT2D eigenvalue weighted by Crippen LogP contribution is -2.09. The molecule has 24 heavy (non-hydrogen) atoms. The van der Waals surface area contributed by atoms with Crippen molar-refractivity contribution in [2.75, 3.05) is 11.9 Å². The molecule has 0 saturated heterocycles. The number of anilines is 1. The number of amides is 1. The van der Waals surface area contributed by atoms with E-state index in [1.165, 1.54) is 22.7 Å². The van der Waals surface area contributed by atoms with E-state index in [0.717, 1.165) is 29.2 Å². The number of hydrogen-bond donors (Lipinski definition) is 1. The largest absolute Gasteiger partial charge is 0.494 e. The zero-order valence-electron chi connectivity index (χ0n) is 13.2. The van der Waals surface area contributed by atoms with Crippen LogP contribution in [0.15, 0.2) is 41.8 Å². The number of unbranched alkanes of at least 4 members (excludes halogenated alkanes) is 1. The molecule has 0 atom stereocenters. The number of hydrogen-bond acceptors (Lipinski definition) is 6. The van der Waals surface area contributed by atoms with Crippen LogP contribution < -0.4 is 10.1 Å². The Labute approximate surface area is 148 Å². The van der Waals surface area contributed by atoms with Gasteiger partial charge in [0.05, 0.1) is 11.5 Å². The molecule has 2 heterocycles. The van der Waals surface area contributed by atoms with Gasteiger partial charge in [-0.1, -0.05) is 42.9 Å². The Morgan fingerprint density at radius 2 is 2.17 bits per heavy atom. The molecule has 0 aliphatic carbocycles. The Bertz CT molecular complexity index is 800. The maximum atomic E-state index is 12.0. The molecule has 0 aliphatic heterocycles. The number of rotatable bonds is 7. The first-order chi connectivity index (χ1) is 11.8. The summed E-state index contributed by atoms with van der Waals surface area (Å²) in [6.45, 7) is 2.84. The molecule has 3 rings (SSSR count). The maximum absolute atomic E-state index is 12.0. The van der Waals surface area contributed by atoms with Crippen LogP contribution in [0.3, 0.4) is 0 Å². The molecule has 0 fully saturated rings. The van der Waals surface area contributed by atoms with Crippen LogP contribution in [0.4, 0.5) is 5.13 Å². The molecule has 0 radical (unpaired) electrons. The van der Waals surface area contributed by atoms with Crippen LogP contribution in [0.1, 0.15) is 29.4 Å². The van der Waals surface area contributed by atoms with Crippen LogP contribution in [0, 0.1) is 0 Å². The van der Waals surface area contributed by atoms with Crippen molar-refractivity contribution in [3.8, 4) is 16.3 Å². The number of nitrogens with zero attached hydrogens (tertiary/aromatic N) is 2. The Morgan fingerprint density at radius 1 is 1.25 bits per heavy atom. The van der Waals surface area contributed by atoms with Crippen molar-refractivity contribution >= 4 is 33.7 Å².